The summed E-state index contributed by atoms with van der Waals surface area (Å²) in [7, 11) is -3.52. The van der Waals surface area contributed by atoms with Gasteiger partial charge in [-0.3, -0.25) is 4.79 Å². The number of ether oxygens (including phenoxy) is 1. The SMILES string of the molecule is CCCCOC(=O)c1ccc(NC(=O)c2ccccc2S(=O)(=O)CC)cc1. The molecule has 0 aliphatic carbocycles. The van der Waals surface area contributed by atoms with Crippen molar-refractivity contribution in [2.45, 2.75) is 31.6 Å². The molecular weight excluding hydrogens is 366 g/mol. The minimum absolute atomic E-state index is 0.00104. The molecule has 144 valence electrons. The Morgan fingerprint density at radius 2 is 1.67 bits per heavy atom. The quantitative estimate of drug-likeness (QED) is 0.549. The average Bonchev–Trinajstić information content (AvgIpc) is 2.68. The maximum absolute atomic E-state index is 12.5. The molecule has 0 fully saturated rings. The summed E-state index contributed by atoms with van der Waals surface area (Å²) in [5.41, 5.74) is 0.925. The second kappa shape index (κ2) is 9.32. The molecule has 2 aromatic rings. The molecule has 0 aromatic heterocycles. The van der Waals surface area contributed by atoms with Crippen molar-refractivity contribution in [1.82, 2.24) is 0 Å². The lowest BCUT2D eigenvalue weighted by molar-refractivity contribution is 0.0499. The van der Waals surface area contributed by atoms with Crippen LogP contribution in [0.4, 0.5) is 5.69 Å². The standard InChI is InChI=1S/C20H23NO5S/c1-3-5-14-26-20(23)15-10-12-16(13-11-15)21-19(22)17-8-6-7-9-18(17)27(24,25)4-2/h6-13H,3-5,14H2,1-2H3,(H,21,22). The van der Waals surface area contributed by atoms with E-state index in [0.29, 0.717) is 17.9 Å². The fraction of sp³-hybridized carbons (Fsp3) is 0.300. The van der Waals surface area contributed by atoms with Gasteiger partial charge in [0.2, 0.25) is 0 Å². The number of esters is 1. The number of nitrogens with one attached hydrogen (secondary N) is 1. The third-order valence-corrected chi connectivity index (χ3v) is 5.74. The van der Waals surface area contributed by atoms with Crippen LogP contribution in [0.1, 0.15) is 47.4 Å². The van der Waals surface area contributed by atoms with Gasteiger partial charge in [0.1, 0.15) is 0 Å². The molecular formula is C20H23NO5S. The third kappa shape index (κ3) is 5.40. The maximum Gasteiger partial charge on any atom is 0.338 e. The molecule has 0 heterocycles. The Morgan fingerprint density at radius 1 is 1.00 bits per heavy atom. The fourth-order valence-corrected chi connectivity index (χ4v) is 3.45. The van der Waals surface area contributed by atoms with Gasteiger partial charge in [0.15, 0.2) is 9.84 Å². The van der Waals surface area contributed by atoms with Gasteiger partial charge >= 0.3 is 5.97 Å². The van der Waals surface area contributed by atoms with Crippen LogP contribution >= 0.6 is 0 Å². The first-order valence-electron chi connectivity index (χ1n) is 8.79. The van der Waals surface area contributed by atoms with Gasteiger partial charge in [-0.05, 0) is 42.8 Å². The summed E-state index contributed by atoms with van der Waals surface area (Å²) >= 11 is 0. The highest BCUT2D eigenvalue weighted by atomic mass is 32.2. The van der Waals surface area contributed by atoms with Gasteiger partial charge in [-0.25, -0.2) is 13.2 Å². The summed E-state index contributed by atoms with van der Waals surface area (Å²) in [6, 6.07) is 12.3. The number of amides is 1. The normalized spacial score (nSPS) is 11.0. The lowest BCUT2D eigenvalue weighted by Crippen LogP contribution is -2.17. The molecule has 2 aromatic carbocycles. The van der Waals surface area contributed by atoms with Gasteiger partial charge in [-0.15, -0.1) is 0 Å². The van der Waals surface area contributed by atoms with Gasteiger partial charge in [-0.1, -0.05) is 32.4 Å². The fourth-order valence-electron chi connectivity index (χ4n) is 2.36. The van der Waals surface area contributed by atoms with E-state index in [1.807, 2.05) is 6.92 Å². The second-order valence-electron chi connectivity index (χ2n) is 5.92. The number of rotatable bonds is 8. The van der Waals surface area contributed by atoms with E-state index in [0.717, 1.165) is 12.8 Å². The number of hydrogen-bond donors (Lipinski definition) is 1. The topological polar surface area (TPSA) is 89.5 Å². The first-order chi connectivity index (χ1) is 12.9. The Morgan fingerprint density at radius 3 is 2.30 bits per heavy atom. The molecule has 0 saturated heterocycles. The van der Waals surface area contributed by atoms with E-state index in [4.69, 9.17) is 4.74 Å². The van der Waals surface area contributed by atoms with E-state index >= 15 is 0 Å². The predicted molar refractivity (Wildman–Crippen MR) is 104 cm³/mol. The first kappa shape index (κ1) is 20.6. The molecule has 27 heavy (non-hydrogen) atoms. The molecule has 0 unspecified atom stereocenters. The monoisotopic (exact) mass is 389 g/mol. The highest BCUT2D eigenvalue weighted by Gasteiger charge is 2.20. The molecule has 0 atom stereocenters. The zero-order chi connectivity index (χ0) is 19.9. The Balaban J connectivity index is 2.12. The van der Waals surface area contributed by atoms with E-state index in [9.17, 15) is 18.0 Å². The predicted octanol–water partition coefficient (Wildman–Crippen LogP) is 3.69. The van der Waals surface area contributed by atoms with Gasteiger partial charge < -0.3 is 10.1 Å². The Kier molecular flexibility index (Phi) is 7.12. The van der Waals surface area contributed by atoms with Gasteiger partial charge in [0, 0.05) is 5.69 Å². The number of unbranched alkanes of at least 4 members (excludes halogenated alkanes) is 1. The van der Waals surface area contributed by atoms with Gasteiger partial charge in [-0.2, -0.15) is 0 Å². The molecule has 0 radical (unpaired) electrons. The van der Waals surface area contributed by atoms with Crippen molar-refractivity contribution in [2.75, 3.05) is 17.7 Å². The van der Waals surface area contributed by atoms with Crippen molar-refractivity contribution in [3.05, 3.63) is 59.7 Å². The third-order valence-electron chi connectivity index (χ3n) is 3.96. The van der Waals surface area contributed by atoms with Crippen LogP contribution in [-0.4, -0.2) is 32.7 Å². The molecule has 0 spiro atoms. The van der Waals surface area contributed by atoms with E-state index in [1.165, 1.54) is 19.1 Å². The molecule has 2 rings (SSSR count). The molecule has 6 nitrogen and oxygen atoms in total. The van der Waals surface area contributed by atoms with Gasteiger partial charge in [0.25, 0.3) is 5.91 Å². The van der Waals surface area contributed by atoms with Crippen LogP contribution in [-0.2, 0) is 14.6 Å². The molecule has 0 bridgehead atoms. The van der Waals surface area contributed by atoms with Crippen molar-refractivity contribution in [1.29, 1.82) is 0 Å². The largest absolute Gasteiger partial charge is 0.462 e. The van der Waals surface area contributed by atoms with Crippen LogP contribution in [0.15, 0.2) is 53.4 Å². The maximum atomic E-state index is 12.5. The molecule has 0 aliphatic heterocycles. The van der Waals surface area contributed by atoms with Crippen LogP contribution in [0.25, 0.3) is 0 Å². The Bertz CT molecular complexity index is 904. The van der Waals surface area contributed by atoms with Gasteiger partial charge in [0.05, 0.1) is 28.4 Å². The van der Waals surface area contributed by atoms with Crippen LogP contribution in [0.5, 0.6) is 0 Å². The summed E-state index contributed by atoms with van der Waals surface area (Å²) in [6.45, 7) is 3.91. The Labute approximate surface area is 159 Å². The number of carbonyl (C=O) groups excluding carboxylic acids is 2. The number of hydrogen-bond acceptors (Lipinski definition) is 5. The highest BCUT2D eigenvalue weighted by molar-refractivity contribution is 7.91. The van der Waals surface area contributed by atoms with Crippen LogP contribution in [0.3, 0.4) is 0 Å². The van der Waals surface area contributed by atoms with E-state index in [-0.39, 0.29) is 16.2 Å². The molecule has 1 N–H and O–H groups in total. The summed E-state index contributed by atoms with van der Waals surface area (Å²) < 4.78 is 29.5. The zero-order valence-electron chi connectivity index (χ0n) is 15.4. The molecule has 7 heteroatoms. The molecule has 1 amide bonds. The van der Waals surface area contributed by atoms with Crippen molar-refractivity contribution in [3.8, 4) is 0 Å². The Hall–Kier alpha value is -2.67. The second-order valence-corrected chi connectivity index (χ2v) is 8.17. The summed E-state index contributed by atoms with van der Waals surface area (Å²) in [4.78, 5) is 24.4. The number of carbonyl (C=O) groups is 2. The minimum Gasteiger partial charge on any atom is -0.462 e. The van der Waals surface area contributed by atoms with Crippen LogP contribution in [0, 0.1) is 0 Å². The number of anilines is 1. The number of sulfone groups is 1. The molecule has 0 saturated carbocycles. The summed E-state index contributed by atoms with van der Waals surface area (Å²) in [6.07, 6.45) is 1.74. The summed E-state index contributed by atoms with van der Waals surface area (Å²) in [5.74, 6) is -1.03. The average molecular weight is 389 g/mol. The van der Waals surface area contributed by atoms with Crippen molar-refractivity contribution in [3.63, 3.8) is 0 Å². The molecule has 0 aliphatic rings. The minimum atomic E-state index is -3.52. The zero-order valence-corrected chi connectivity index (χ0v) is 16.2. The lowest BCUT2D eigenvalue weighted by atomic mass is 10.2. The van der Waals surface area contributed by atoms with Crippen LogP contribution < -0.4 is 5.32 Å². The van der Waals surface area contributed by atoms with E-state index in [2.05, 4.69) is 5.32 Å². The first-order valence-corrected chi connectivity index (χ1v) is 10.4. The van der Waals surface area contributed by atoms with Crippen molar-refractivity contribution >= 4 is 27.4 Å². The van der Waals surface area contributed by atoms with E-state index < -0.39 is 21.7 Å². The van der Waals surface area contributed by atoms with Crippen molar-refractivity contribution in [2.24, 2.45) is 0 Å². The van der Waals surface area contributed by atoms with Crippen LogP contribution in [0.2, 0.25) is 0 Å². The van der Waals surface area contributed by atoms with Crippen molar-refractivity contribution < 1.29 is 22.7 Å². The van der Waals surface area contributed by atoms with E-state index in [1.54, 1.807) is 36.4 Å². The number of benzene rings is 2. The highest BCUT2D eigenvalue weighted by Crippen LogP contribution is 2.19. The summed E-state index contributed by atoms with van der Waals surface area (Å²) in [5, 5.41) is 2.66. The lowest BCUT2D eigenvalue weighted by Gasteiger charge is -2.10. The smallest absolute Gasteiger partial charge is 0.338 e.